The average molecular weight is 182 g/mol. The first-order valence-electron chi connectivity index (χ1n) is 4.32. The van der Waals surface area contributed by atoms with Gasteiger partial charge >= 0.3 is 0 Å². The van der Waals surface area contributed by atoms with E-state index in [1.807, 2.05) is 31.2 Å². The fraction of sp³-hybridized carbons (Fsp3) is 0.167. The van der Waals surface area contributed by atoms with E-state index in [-0.39, 0.29) is 0 Å². The van der Waals surface area contributed by atoms with Gasteiger partial charge in [-0.15, -0.1) is 0 Å². The number of benzene rings is 1. The Morgan fingerprint density at radius 1 is 1.36 bits per heavy atom. The lowest BCUT2D eigenvalue weighted by Crippen LogP contribution is -1.82. The summed E-state index contributed by atoms with van der Waals surface area (Å²) in [6.45, 7) is 1.98. The van der Waals surface area contributed by atoms with E-state index in [1.54, 1.807) is 12.1 Å². The van der Waals surface area contributed by atoms with E-state index in [4.69, 9.17) is 10.5 Å². The van der Waals surface area contributed by atoms with Gasteiger partial charge in [0.2, 0.25) is 0 Å². The number of rotatable bonds is 2. The van der Waals surface area contributed by atoms with Crippen LogP contribution in [-0.4, -0.2) is 0 Å². The lowest BCUT2D eigenvalue weighted by molar-refractivity contribution is 1.35. The highest BCUT2D eigenvalue weighted by molar-refractivity contribution is 5.56. The Balaban J connectivity index is 2.97. The van der Waals surface area contributed by atoms with Crippen molar-refractivity contribution in [3.63, 3.8) is 0 Å². The number of nitrogens with zero attached hydrogens (tertiary/aromatic N) is 2. The number of nitriles is 2. The van der Waals surface area contributed by atoms with Crippen LogP contribution in [0.1, 0.15) is 23.1 Å². The van der Waals surface area contributed by atoms with Gasteiger partial charge in [-0.3, -0.25) is 0 Å². The highest BCUT2D eigenvalue weighted by Gasteiger charge is 1.95. The molecule has 0 spiro atoms. The smallest absolute Gasteiger partial charge is 0.0991 e. The molecule has 0 saturated carbocycles. The molecular weight excluding hydrogens is 172 g/mol. The molecule has 0 aliphatic rings. The molecule has 1 aromatic carbocycles. The monoisotopic (exact) mass is 182 g/mol. The molecule has 0 atom stereocenters. The van der Waals surface area contributed by atoms with Crippen LogP contribution < -0.4 is 0 Å². The molecule has 0 aliphatic heterocycles. The third kappa shape index (κ3) is 2.47. The number of hydrogen-bond donors (Lipinski definition) is 0. The van der Waals surface area contributed by atoms with E-state index in [9.17, 15) is 0 Å². The largest absolute Gasteiger partial charge is 0.198 e. The Labute approximate surface area is 83.7 Å². The molecule has 0 fully saturated rings. The third-order valence-electron chi connectivity index (χ3n) is 1.91. The van der Waals surface area contributed by atoms with Gasteiger partial charge < -0.3 is 0 Å². The van der Waals surface area contributed by atoms with Crippen molar-refractivity contribution in [2.45, 2.75) is 13.3 Å². The SMILES string of the molecule is Cc1ccc(C#N)cc1C=CCC#N. The summed E-state index contributed by atoms with van der Waals surface area (Å²) in [5, 5.41) is 17.1. The maximum absolute atomic E-state index is 8.70. The van der Waals surface area contributed by atoms with Gasteiger partial charge in [0.05, 0.1) is 24.1 Å². The zero-order valence-electron chi connectivity index (χ0n) is 7.99. The standard InChI is InChI=1S/C12H10N2/c1-10-5-6-11(9-14)8-12(10)4-2-3-7-13/h2,4-6,8H,3H2,1H3. The first kappa shape index (κ1) is 10.0. The van der Waals surface area contributed by atoms with Gasteiger partial charge in [0.1, 0.15) is 0 Å². The van der Waals surface area contributed by atoms with Crippen LogP contribution >= 0.6 is 0 Å². The predicted octanol–water partition coefficient (Wildman–Crippen LogP) is 2.79. The predicted molar refractivity (Wildman–Crippen MR) is 55.2 cm³/mol. The van der Waals surface area contributed by atoms with Crippen molar-refractivity contribution in [3.05, 3.63) is 41.0 Å². The molecule has 0 aromatic heterocycles. The van der Waals surface area contributed by atoms with Gasteiger partial charge in [0, 0.05) is 0 Å². The van der Waals surface area contributed by atoms with Gasteiger partial charge in [-0.1, -0.05) is 18.2 Å². The second kappa shape index (κ2) is 4.84. The molecular formula is C12H10N2. The second-order valence-corrected chi connectivity index (χ2v) is 2.95. The summed E-state index contributed by atoms with van der Waals surface area (Å²) in [6, 6.07) is 9.64. The Hall–Kier alpha value is -2.06. The van der Waals surface area contributed by atoms with Crippen LogP contribution in [0.5, 0.6) is 0 Å². The van der Waals surface area contributed by atoms with E-state index in [0.717, 1.165) is 11.1 Å². The molecule has 14 heavy (non-hydrogen) atoms. The minimum absolute atomic E-state index is 0.399. The van der Waals surface area contributed by atoms with E-state index >= 15 is 0 Å². The third-order valence-corrected chi connectivity index (χ3v) is 1.91. The molecule has 0 saturated heterocycles. The molecule has 0 amide bonds. The summed E-state index contributed by atoms with van der Waals surface area (Å²) in [6.07, 6.45) is 4.07. The van der Waals surface area contributed by atoms with E-state index in [2.05, 4.69) is 6.07 Å². The fourth-order valence-corrected chi connectivity index (χ4v) is 1.13. The van der Waals surface area contributed by atoms with Crippen molar-refractivity contribution in [3.8, 4) is 12.1 Å². The molecule has 0 heterocycles. The van der Waals surface area contributed by atoms with Crippen LogP contribution in [0.3, 0.4) is 0 Å². The van der Waals surface area contributed by atoms with Crippen LogP contribution in [0, 0.1) is 29.6 Å². The normalized spacial score (nSPS) is 9.64. The Bertz CT molecular complexity index is 431. The fourth-order valence-electron chi connectivity index (χ4n) is 1.13. The molecule has 68 valence electrons. The molecule has 2 heteroatoms. The first-order valence-corrected chi connectivity index (χ1v) is 4.32. The van der Waals surface area contributed by atoms with Gasteiger partial charge in [0.25, 0.3) is 0 Å². The van der Waals surface area contributed by atoms with Crippen molar-refractivity contribution < 1.29 is 0 Å². The number of hydrogen-bond acceptors (Lipinski definition) is 2. The Morgan fingerprint density at radius 3 is 2.79 bits per heavy atom. The molecule has 0 unspecified atom stereocenters. The summed E-state index contributed by atoms with van der Waals surface area (Å²) in [4.78, 5) is 0. The second-order valence-electron chi connectivity index (χ2n) is 2.95. The zero-order chi connectivity index (χ0) is 10.4. The summed E-state index contributed by atoms with van der Waals surface area (Å²) < 4.78 is 0. The summed E-state index contributed by atoms with van der Waals surface area (Å²) in [5.74, 6) is 0. The van der Waals surface area contributed by atoms with Crippen molar-refractivity contribution in [1.29, 1.82) is 10.5 Å². The van der Waals surface area contributed by atoms with Gasteiger partial charge in [-0.05, 0) is 30.2 Å². The topological polar surface area (TPSA) is 47.6 Å². The summed E-state index contributed by atoms with van der Waals surface area (Å²) in [5.41, 5.74) is 2.75. The molecule has 0 aliphatic carbocycles. The Kier molecular flexibility index (Phi) is 3.47. The molecule has 0 bridgehead atoms. The highest BCUT2D eigenvalue weighted by atomic mass is 14.2. The van der Waals surface area contributed by atoms with Crippen LogP contribution in [0.4, 0.5) is 0 Å². The lowest BCUT2D eigenvalue weighted by atomic mass is 10.0. The van der Waals surface area contributed by atoms with Gasteiger partial charge in [-0.2, -0.15) is 10.5 Å². The van der Waals surface area contributed by atoms with Crippen molar-refractivity contribution in [2.24, 2.45) is 0 Å². The minimum atomic E-state index is 0.399. The van der Waals surface area contributed by atoms with Gasteiger partial charge in [0.15, 0.2) is 0 Å². The first-order chi connectivity index (χ1) is 6.77. The maximum atomic E-state index is 8.70. The quantitative estimate of drug-likeness (QED) is 0.706. The van der Waals surface area contributed by atoms with Crippen LogP contribution in [-0.2, 0) is 0 Å². The Morgan fingerprint density at radius 2 is 2.14 bits per heavy atom. The average Bonchev–Trinajstić information content (AvgIpc) is 2.21. The molecule has 1 aromatic rings. The summed E-state index contributed by atoms with van der Waals surface area (Å²) in [7, 11) is 0. The van der Waals surface area contributed by atoms with Crippen LogP contribution in [0.2, 0.25) is 0 Å². The molecule has 1 rings (SSSR count). The lowest BCUT2D eigenvalue weighted by Gasteiger charge is -1.99. The van der Waals surface area contributed by atoms with E-state index in [0.29, 0.717) is 12.0 Å². The van der Waals surface area contributed by atoms with Crippen molar-refractivity contribution >= 4 is 6.08 Å². The molecule has 2 nitrogen and oxygen atoms in total. The highest BCUT2D eigenvalue weighted by Crippen LogP contribution is 2.12. The summed E-state index contributed by atoms with van der Waals surface area (Å²) >= 11 is 0. The number of aryl methyl sites for hydroxylation is 1. The molecule has 0 N–H and O–H groups in total. The van der Waals surface area contributed by atoms with Crippen molar-refractivity contribution in [1.82, 2.24) is 0 Å². The van der Waals surface area contributed by atoms with E-state index in [1.165, 1.54) is 0 Å². The van der Waals surface area contributed by atoms with Crippen LogP contribution in [0.25, 0.3) is 6.08 Å². The molecule has 0 radical (unpaired) electrons. The van der Waals surface area contributed by atoms with Crippen LogP contribution in [0.15, 0.2) is 24.3 Å². The van der Waals surface area contributed by atoms with Crippen molar-refractivity contribution in [2.75, 3.05) is 0 Å². The number of allylic oxidation sites excluding steroid dienone is 1. The van der Waals surface area contributed by atoms with E-state index < -0.39 is 0 Å². The zero-order valence-corrected chi connectivity index (χ0v) is 7.99. The van der Waals surface area contributed by atoms with Gasteiger partial charge in [-0.25, -0.2) is 0 Å². The maximum Gasteiger partial charge on any atom is 0.0991 e. The minimum Gasteiger partial charge on any atom is -0.198 e.